The predicted octanol–water partition coefficient (Wildman–Crippen LogP) is 8.14. The van der Waals surface area contributed by atoms with Crippen LogP contribution in [0.2, 0.25) is 26.2 Å². The first-order valence-electron chi connectivity index (χ1n) is 19.3. The van der Waals surface area contributed by atoms with E-state index in [-0.39, 0.29) is 35.8 Å². The second-order valence-electron chi connectivity index (χ2n) is 14.3. The van der Waals surface area contributed by atoms with Crippen molar-refractivity contribution < 1.29 is 70.8 Å². The van der Waals surface area contributed by atoms with Gasteiger partial charge in [0.25, 0.3) is 0 Å². The van der Waals surface area contributed by atoms with Crippen LogP contribution in [0.4, 0.5) is 0 Å². The van der Waals surface area contributed by atoms with E-state index < -0.39 is 0 Å². The molecule has 8 rings (SSSR count). The number of allylic oxidation sites excluding steroid dienone is 16. The van der Waals surface area contributed by atoms with E-state index in [1.165, 1.54) is 113 Å². The van der Waals surface area contributed by atoms with E-state index in [9.17, 15) is 0 Å². The van der Waals surface area contributed by atoms with Crippen molar-refractivity contribution in [2.24, 2.45) is 0 Å². The molecule has 0 saturated heterocycles. The van der Waals surface area contributed by atoms with Crippen molar-refractivity contribution in [1.29, 1.82) is 0 Å². The molecule has 58 heavy (non-hydrogen) atoms. The fourth-order valence-electron chi connectivity index (χ4n) is 5.66. The van der Waals surface area contributed by atoms with Crippen LogP contribution < -0.4 is 24.8 Å². The van der Waals surface area contributed by atoms with Gasteiger partial charge in [0.2, 0.25) is 0 Å². The Morgan fingerprint density at radius 2 is 0.569 bits per heavy atom. The Balaban J connectivity index is 0.000000360. The summed E-state index contributed by atoms with van der Waals surface area (Å²) in [6.07, 6.45) is 34.2. The maximum atomic E-state index is 3.31. The summed E-state index contributed by atoms with van der Waals surface area (Å²) in [7, 11) is 0. The Bertz CT molecular complexity index is 1870. The van der Waals surface area contributed by atoms with Gasteiger partial charge in [-0.3, -0.25) is 0 Å². The minimum Gasteiger partial charge on any atom is -1.00 e. The maximum Gasteiger partial charge on any atom is -0.0408 e. The topological polar surface area (TPSA) is 0 Å². The largest absolute Gasteiger partial charge is 1.00 e. The fraction of sp³-hybridized carbons (Fsp3) is 0.231. The average Bonchev–Trinajstić information content (AvgIpc) is 4.01. The molecule has 0 nitrogen and oxygen atoms in total. The number of aryl methyl sites for hydroxylation is 4. The summed E-state index contributed by atoms with van der Waals surface area (Å²) < 4.78 is 0. The minimum atomic E-state index is 0. The molecule has 0 N–H and O–H groups in total. The van der Waals surface area contributed by atoms with Gasteiger partial charge in [-0.2, -0.15) is 70.9 Å². The van der Waals surface area contributed by atoms with Gasteiger partial charge in [-0.05, 0) is 27.7 Å². The average molecular weight is 1170 g/mol. The van der Waals surface area contributed by atoms with Crippen LogP contribution in [-0.2, 0) is 46.0 Å². The van der Waals surface area contributed by atoms with Crippen LogP contribution >= 0.6 is 0 Å². The predicted molar refractivity (Wildman–Crippen MR) is 241 cm³/mol. The molecule has 0 bridgehead atoms. The Kier molecular flexibility index (Phi) is 28.2. The van der Waals surface area contributed by atoms with E-state index >= 15 is 0 Å². The molecular weight excluding hydrogens is 1110 g/mol. The number of hydrogen-bond acceptors (Lipinski definition) is 0. The standard InChI is InChI=1S/4C12H11.2C2H6Si.2ClH.2Hf/c4*1-10-5-4-8-12(9-10)11-6-2-3-7-11;2*1-3-2;;;;/h4*2,4-6,8-9H,3H2,1H3;2*1-2H3;2*1H;;/q4*-1;;;;;2*+2/p-2. The second-order valence-corrected chi connectivity index (χ2v) is 39.8. The molecule has 296 valence electrons. The van der Waals surface area contributed by atoms with E-state index in [0.29, 0.717) is 0 Å². The van der Waals surface area contributed by atoms with Crippen LogP contribution in [-0.4, -0.2) is 11.0 Å². The van der Waals surface area contributed by atoms with Crippen molar-refractivity contribution in [3.8, 4) is 0 Å². The smallest absolute Gasteiger partial charge is 0.0408 e. The monoisotopic (exact) mass is 1170 g/mol. The molecule has 4 aromatic rings. The van der Waals surface area contributed by atoms with Gasteiger partial charge in [-0.25, -0.2) is 0 Å². The third-order valence-electron chi connectivity index (χ3n) is 8.10. The van der Waals surface area contributed by atoms with Gasteiger partial charge in [0.15, 0.2) is 0 Å². The first kappa shape index (κ1) is 53.6. The summed E-state index contributed by atoms with van der Waals surface area (Å²) in [4.78, 5) is 0. The quantitative estimate of drug-likeness (QED) is 0.143. The molecule has 0 fully saturated rings. The van der Waals surface area contributed by atoms with Crippen molar-refractivity contribution in [2.45, 2.75) is 79.6 Å². The van der Waals surface area contributed by atoms with Crippen molar-refractivity contribution in [3.05, 3.63) is 214 Å². The van der Waals surface area contributed by atoms with Gasteiger partial charge in [0, 0.05) is 0 Å². The zero-order valence-corrected chi connectivity index (χ0v) is 46.1. The second kappa shape index (κ2) is 30.6. The van der Waals surface area contributed by atoms with Crippen molar-refractivity contribution in [2.75, 3.05) is 0 Å². The van der Waals surface area contributed by atoms with E-state index in [2.05, 4.69) is 224 Å². The van der Waals surface area contributed by atoms with E-state index in [4.69, 9.17) is 0 Å². The molecule has 4 aliphatic carbocycles. The van der Waals surface area contributed by atoms with Gasteiger partial charge >= 0.3 is 83.2 Å². The van der Waals surface area contributed by atoms with Gasteiger partial charge < -0.3 is 24.8 Å². The molecule has 0 atom stereocenters. The van der Waals surface area contributed by atoms with Crippen LogP contribution in [0.5, 0.6) is 0 Å². The molecular formula is C52H56Cl2Hf2Si2-2. The van der Waals surface area contributed by atoms with Gasteiger partial charge in [-0.15, -0.1) is 95.1 Å². The van der Waals surface area contributed by atoms with Gasteiger partial charge in [-0.1, -0.05) is 96.5 Å². The summed E-state index contributed by atoms with van der Waals surface area (Å²) in [6.45, 7) is 17.8. The minimum absolute atomic E-state index is 0. The summed E-state index contributed by atoms with van der Waals surface area (Å²) in [6, 6.07) is 34.1. The number of benzene rings is 4. The molecule has 4 aliphatic rings. The fourth-order valence-corrected chi connectivity index (χ4v) is 5.66. The Morgan fingerprint density at radius 1 is 0.379 bits per heavy atom. The van der Waals surface area contributed by atoms with Crippen LogP contribution in [0.1, 0.15) is 70.2 Å². The molecule has 0 heterocycles. The summed E-state index contributed by atoms with van der Waals surface area (Å²) in [5, 5.41) is 0. The van der Waals surface area contributed by atoms with Crippen LogP contribution in [0.25, 0.3) is 22.3 Å². The first-order valence-corrected chi connectivity index (χ1v) is 35.1. The van der Waals surface area contributed by atoms with Gasteiger partial charge in [0.1, 0.15) is 0 Å². The summed E-state index contributed by atoms with van der Waals surface area (Å²) >= 11 is 2.90. The van der Waals surface area contributed by atoms with E-state index in [1.807, 2.05) is 0 Å². The van der Waals surface area contributed by atoms with Crippen molar-refractivity contribution in [1.82, 2.24) is 0 Å². The zero-order chi connectivity index (χ0) is 40.7. The molecule has 0 aromatic heterocycles. The van der Waals surface area contributed by atoms with Crippen molar-refractivity contribution in [3.63, 3.8) is 0 Å². The summed E-state index contributed by atoms with van der Waals surface area (Å²) in [5.74, 6) is 0. The number of hydrogen-bond donors (Lipinski definition) is 0. The molecule has 6 heteroatoms. The molecule has 0 unspecified atom stereocenters. The molecule has 0 spiro atoms. The maximum absolute atomic E-state index is 3.31. The van der Waals surface area contributed by atoms with Crippen molar-refractivity contribution >= 4 is 33.3 Å². The summed E-state index contributed by atoms with van der Waals surface area (Å²) in [5.41, 5.74) is 15.8. The van der Waals surface area contributed by atoms with Crippen LogP contribution in [0, 0.1) is 52.0 Å². The normalized spacial score (nSPS) is 13.3. The molecule has 0 saturated carbocycles. The van der Waals surface area contributed by atoms with E-state index in [1.54, 1.807) is 0 Å². The SMILES string of the molecule is C[Si](C)=[Hf+2].C[Si](C)=[Hf+2].Cc1cccc(C2=[C-]CC=C2)c1.Cc1cccc(C2=[C-]CC=C2)c1.Cc1cccc(C2=[C-]CC=C2)c1.Cc1cccc(C2=[C-]CC=C2)c1.[Cl-].[Cl-]. The third-order valence-corrected chi connectivity index (χ3v) is 8.10. The van der Waals surface area contributed by atoms with Gasteiger partial charge in [0.05, 0.1) is 0 Å². The Labute approximate surface area is 394 Å². The number of halogens is 2. The van der Waals surface area contributed by atoms with E-state index in [0.717, 1.165) is 25.7 Å². The van der Waals surface area contributed by atoms with Crippen LogP contribution in [0.3, 0.4) is 0 Å². The molecule has 4 aromatic carbocycles. The Morgan fingerprint density at radius 3 is 0.707 bits per heavy atom. The van der Waals surface area contributed by atoms with Crippen LogP contribution in [0.15, 0.2) is 146 Å². The molecule has 0 radical (unpaired) electrons. The Hall–Kier alpha value is -2.45. The molecule has 0 amide bonds. The molecule has 0 aliphatic heterocycles. The third kappa shape index (κ3) is 22.2. The number of rotatable bonds is 4. The zero-order valence-electron chi connectivity index (χ0n) is 35.4. The first-order chi connectivity index (χ1) is 26.9.